The molecule has 0 saturated carbocycles. The van der Waals surface area contributed by atoms with Gasteiger partial charge in [0.05, 0.1) is 6.04 Å². The fraction of sp³-hybridized carbons (Fsp3) is 0.263. The highest BCUT2D eigenvalue weighted by Crippen LogP contribution is 2.19. The molecule has 1 nitrogen and oxygen atoms in total. The summed E-state index contributed by atoms with van der Waals surface area (Å²) in [6.45, 7) is 2.11. The maximum absolute atomic E-state index is 5.59. The van der Waals surface area contributed by atoms with E-state index in [1.54, 1.807) is 0 Å². The van der Waals surface area contributed by atoms with Crippen LogP contribution in [0, 0.1) is 12.3 Å². The Balaban J connectivity index is 2.18. The van der Waals surface area contributed by atoms with Crippen LogP contribution in [0.4, 0.5) is 0 Å². The standard InChI is InChI=1S/C19H21N/c1-3-18(4-2)20-19(17-13-9-6-10-14-17)15-16-11-7-5-8-12-16/h1,5-14,18-20H,4,15H2,2H3. The molecule has 0 heterocycles. The summed E-state index contributed by atoms with van der Waals surface area (Å²) in [4.78, 5) is 0. The van der Waals surface area contributed by atoms with Gasteiger partial charge in [0, 0.05) is 6.04 Å². The Bertz CT molecular complexity index is 539. The highest BCUT2D eigenvalue weighted by molar-refractivity contribution is 5.24. The van der Waals surface area contributed by atoms with E-state index in [0.717, 1.165) is 12.8 Å². The first-order valence-electron chi connectivity index (χ1n) is 7.14. The van der Waals surface area contributed by atoms with Crippen molar-refractivity contribution in [1.82, 2.24) is 5.32 Å². The molecule has 2 unspecified atom stereocenters. The molecule has 2 rings (SSSR count). The lowest BCUT2D eigenvalue weighted by Gasteiger charge is -2.23. The van der Waals surface area contributed by atoms with E-state index in [0.29, 0.717) is 0 Å². The quantitative estimate of drug-likeness (QED) is 0.778. The van der Waals surface area contributed by atoms with Crippen LogP contribution in [0.15, 0.2) is 60.7 Å². The molecule has 0 aliphatic carbocycles. The minimum absolute atomic E-state index is 0.115. The molecule has 0 aliphatic rings. The Hall–Kier alpha value is -2.04. The van der Waals surface area contributed by atoms with E-state index in [2.05, 4.69) is 66.7 Å². The van der Waals surface area contributed by atoms with Crippen molar-refractivity contribution in [2.24, 2.45) is 0 Å². The molecule has 0 amide bonds. The molecule has 0 bridgehead atoms. The summed E-state index contributed by atoms with van der Waals surface area (Å²) in [5.74, 6) is 2.83. The first kappa shape index (κ1) is 14.4. The Labute approximate surface area is 122 Å². The normalized spacial score (nSPS) is 13.4. The fourth-order valence-electron chi connectivity index (χ4n) is 2.33. The second-order valence-corrected chi connectivity index (χ2v) is 4.95. The Morgan fingerprint density at radius 3 is 2.15 bits per heavy atom. The van der Waals surface area contributed by atoms with Gasteiger partial charge in [-0.3, -0.25) is 5.32 Å². The average molecular weight is 263 g/mol. The van der Waals surface area contributed by atoms with Crippen molar-refractivity contribution >= 4 is 0 Å². The predicted octanol–water partition coefficient (Wildman–Crippen LogP) is 3.97. The van der Waals surface area contributed by atoms with Gasteiger partial charge in [0.1, 0.15) is 0 Å². The smallest absolute Gasteiger partial charge is 0.0689 e. The summed E-state index contributed by atoms with van der Waals surface area (Å²) in [6.07, 6.45) is 7.48. The molecule has 2 atom stereocenters. The van der Waals surface area contributed by atoms with Crippen LogP contribution in [0.25, 0.3) is 0 Å². The monoisotopic (exact) mass is 263 g/mol. The van der Waals surface area contributed by atoms with Crippen molar-refractivity contribution < 1.29 is 0 Å². The molecule has 0 spiro atoms. The highest BCUT2D eigenvalue weighted by atomic mass is 14.9. The number of terminal acetylenes is 1. The predicted molar refractivity (Wildman–Crippen MR) is 85.4 cm³/mol. The molecule has 0 fully saturated rings. The van der Waals surface area contributed by atoms with E-state index in [-0.39, 0.29) is 12.1 Å². The Morgan fingerprint density at radius 2 is 1.60 bits per heavy atom. The van der Waals surface area contributed by atoms with Crippen LogP contribution in [-0.4, -0.2) is 6.04 Å². The molecule has 102 valence electrons. The van der Waals surface area contributed by atoms with Gasteiger partial charge in [-0.15, -0.1) is 6.42 Å². The largest absolute Gasteiger partial charge is 0.296 e. The molecule has 1 N–H and O–H groups in total. The highest BCUT2D eigenvalue weighted by Gasteiger charge is 2.15. The third-order valence-electron chi connectivity index (χ3n) is 3.50. The number of benzene rings is 2. The number of hydrogen-bond donors (Lipinski definition) is 1. The molecule has 0 saturated heterocycles. The minimum Gasteiger partial charge on any atom is -0.296 e. The zero-order valence-corrected chi connectivity index (χ0v) is 11.9. The van der Waals surface area contributed by atoms with Crippen molar-refractivity contribution in [3.63, 3.8) is 0 Å². The van der Waals surface area contributed by atoms with Gasteiger partial charge in [-0.05, 0) is 24.0 Å². The summed E-state index contributed by atoms with van der Waals surface area (Å²) in [5.41, 5.74) is 2.60. The molecule has 0 aromatic heterocycles. The molecule has 2 aromatic rings. The van der Waals surface area contributed by atoms with Crippen molar-refractivity contribution in [2.75, 3.05) is 0 Å². The van der Waals surface area contributed by atoms with Gasteiger partial charge < -0.3 is 0 Å². The summed E-state index contributed by atoms with van der Waals surface area (Å²) in [7, 11) is 0. The van der Waals surface area contributed by atoms with E-state index in [1.165, 1.54) is 11.1 Å². The second-order valence-electron chi connectivity index (χ2n) is 4.95. The fourth-order valence-corrected chi connectivity index (χ4v) is 2.33. The van der Waals surface area contributed by atoms with Crippen LogP contribution in [0.5, 0.6) is 0 Å². The second kappa shape index (κ2) is 7.53. The minimum atomic E-state index is 0.115. The van der Waals surface area contributed by atoms with Gasteiger partial charge in [-0.2, -0.15) is 0 Å². The van der Waals surface area contributed by atoms with Gasteiger partial charge in [0.2, 0.25) is 0 Å². The van der Waals surface area contributed by atoms with E-state index in [4.69, 9.17) is 6.42 Å². The lowest BCUT2D eigenvalue weighted by molar-refractivity contribution is 0.480. The first-order chi connectivity index (χ1) is 9.83. The third-order valence-corrected chi connectivity index (χ3v) is 3.50. The first-order valence-corrected chi connectivity index (χ1v) is 7.14. The molecule has 20 heavy (non-hydrogen) atoms. The van der Waals surface area contributed by atoms with E-state index in [1.807, 2.05) is 12.1 Å². The lowest BCUT2D eigenvalue weighted by atomic mass is 9.98. The number of rotatable bonds is 6. The number of nitrogens with one attached hydrogen (secondary N) is 1. The molecule has 2 aromatic carbocycles. The molecular weight excluding hydrogens is 242 g/mol. The number of hydrogen-bond acceptors (Lipinski definition) is 1. The van der Waals surface area contributed by atoms with Crippen molar-refractivity contribution in [3.05, 3.63) is 71.8 Å². The van der Waals surface area contributed by atoms with Crippen LogP contribution in [0.3, 0.4) is 0 Å². The average Bonchev–Trinajstić information content (AvgIpc) is 2.53. The lowest BCUT2D eigenvalue weighted by Crippen LogP contribution is -2.32. The summed E-state index contributed by atoms with van der Waals surface area (Å²) < 4.78 is 0. The van der Waals surface area contributed by atoms with E-state index < -0.39 is 0 Å². The van der Waals surface area contributed by atoms with E-state index >= 15 is 0 Å². The zero-order valence-electron chi connectivity index (χ0n) is 11.9. The van der Waals surface area contributed by atoms with Crippen LogP contribution in [-0.2, 0) is 6.42 Å². The van der Waals surface area contributed by atoms with Crippen LogP contribution >= 0.6 is 0 Å². The summed E-state index contributed by atoms with van der Waals surface area (Å²) >= 11 is 0. The van der Waals surface area contributed by atoms with Crippen LogP contribution < -0.4 is 5.32 Å². The van der Waals surface area contributed by atoms with Crippen LogP contribution in [0.1, 0.15) is 30.5 Å². The van der Waals surface area contributed by atoms with Gasteiger partial charge in [-0.25, -0.2) is 0 Å². The third kappa shape index (κ3) is 3.98. The molecular formula is C19H21N. The Morgan fingerprint density at radius 1 is 1.00 bits per heavy atom. The molecule has 0 aliphatic heterocycles. The van der Waals surface area contributed by atoms with Gasteiger partial charge in [0.25, 0.3) is 0 Å². The van der Waals surface area contributed by atoms with Gasteiger partial charge in [-0.1, -0.05) is 73.5 Å². The van der Waals surface area contributed by atoms with E-state index in [9.17, 15) is 0 Å². The maximum atomic E-state index is 5.59. The maximum Gasteiger partial charge on any atom is 0.0689 e. The Kier molecular flexibility index (Phi) is 5.41. The van der Waals surface area contributed by atoms with Crippen molar-refractivity contribution in [2.45, 2.75) is 31.8 Å². The molecule has 0 radical (unpaired) electrons. The van der Waals surface area contributed by atoms with Crippen molar-refractivity contribution in [1.29, 1.82) is 0 Å². The zero-order chi connectivity index (χ0) is 14.2. The van der Waals surface area contributed by atoms with Crippen molar-refractivity contribution in [3.8, 4) is 12.3 Å². The van der Waals surface area contributed by atoms with Gasteiger partial charge in [0.15, 0.2) is 0 Å². The topological polar surface area (TPSA) is 12.0 Å². The SMILES string of the molecule is C#CC(CC)NC(Cc1ccccc1)c1ccccc1. The van der Waals surface area contributed by atoms with Crippen LogP contribution in [0.2, 0.25) is 0 Å². The summed E-state index contributed by atoms with van der Waals surface area (Å²) in [6, 6.07) is 21.4. The van der Waals surface area contributed by atoms with Gasteiger partial charge >= 0.3 is 0 Å². The summed E-state index contributed by atoms with van der Waals surface area (Å²) in [5, 5.41) is 3.58. The molecule has 1 heteroatoms.